The Bertz CT molecular complexity index is 203. The molecule has 1 aliphatic rings. The molecule has 1 aliphatic heterocycles. The largest absolute Gasteiger partial charge is 0.396 e. The zero-order valence-electron chi connectivity index (χ0n) is 11.4. The van der Waals surface area contributed by atoms with Gasteiger partial charge in [0.1, 0.15) is 0 Å². The third kappa shape index (κ3) is 4.54. The second-order valence-corrected chi connectivity index (χ2v) is 5.46. The summed E-state index contributed by atoms with van der Waals surface area (Å²) >= 11 is 0. The van der Waals surface area contributed by atoms with Gasteiger partial charge in [0.15, 0.2) is 0 Å². The number of rotatable bonds is 7. The van der Waals surface area contributed by atoms with E-state index in [0.29, 0.717) is 12.0 Å². The van der Waals surface area contributed by atoms with Gasteiger partial charge in [-0.15, -0.1) is 0 Å². The first-order valence-corrected chi connectivity index (χ1v) is 6.54. The molecule has 0 radical (unpaired) electrons. The summed E-state index contributed by atoms with van der Waals surface area (Å²) in [5.74, 6) is 0.533. The Morgan fingerprint density at radius 1 is 1.35 bits per heavy atom. The Hall–Kier alpha value is -0.160. The summed E-state index contributed by atoms with van der Waals surface area (Å²) in [6.07, 6.45) is 1.88. The molecular formula is C13H27NO3. The van der Waals surface area contributed by atoms with Gasteiger partial charge in [0.2, 0.25) is 0 Å². The highest BCUT2D eigenvalue weighted by Crippen LogP contribution is 2.29. The van der Waals surface area contributed by atoms with Crippen LogP contribution in [0.2, 0.25) is 0 Å². The third-order valence-corrected chi connectivity index (χ3v) is 3.78. The lowest BCUT2D eigenvalue weighted by molar-refractivity contribution is -0.0187. The van der Waals surface area contributed by atoms with E-state index in [4.69, 9.17) is 9.47 Å². The second kappa shape index (κ2) is 7.31. The number of hydrogen-bond donors (Lipinski definition) is 2. The van der Waals surface area contributed by atoms with Crippen molar-refractivity contribution in [2.45, 2.75) is 32.7 Å². The Morgan fingerprint density at radius 3 is 2.47 bits per heavy atom. The van der Waals surface area contributed by atoms with Gasteiger partial charge in [0.25, 0.3) is 0 Å². The average Bonchev–Trinajstić information content (AvgIpc) is 2.35. The van der Waals surface area contributed by atoms with Crippen molar-refractivity contribution in [2.75, 3.05) is 40.1 Å². The topological polar surface area (TPSA) is 50.7 Å². The number of hydrogen-bond acceptors (Lipinski definition) is 4. The Morgan fingerprint density at radius 2 is 2.00 bits per heavy atom. The molecule has 0 amide bonds. The van der Waals surface area contributed by atoms with Gasteiger partial charge in [0, 0.05) is 38.3 Å². The normalized spacial score (nSPS) is 21.7. The van der Waals surface area contributed by atoms with Crippen molar-refractivity contribution in [3.05, 3.63) is 0 Å². The van der Waals surface area contributed by atoms with Crippen molar-refractivity contribution < 1.29 is 14.6 Å². The highest BCUT2D eigenvalue weighted by atomic mass is 16.5. The summed E-state index contributed by atoms with van der Waals surface area (Å²) in [5.41, 5.74) is -0.000862. The van der Waals surface area contributed by atoms with E-state index in [9.17, 15) is 5.11 Å². The first-order valence-electron chi connectivity index (χ1n) is 6.54. The number of aliphatic hydroxyl groups excluding tert-OH is 1. The molecule has 0 aromatic heterocycles. The summed E-state index contributed by atoms with van der Waals surface area (Å²) in [7, 11) is 1.73. The molecule has 1 fully saturated rings. The molecule has 0 aliphatic carbocycles. The van der Waals surface area contributed by atoms with Crippen LogP contribution >= 0.6 is 0 Å². The molecule has 0 spiro atoms. The van der Waals surface area contributed by atoms with E-state index in [1.807, 2.05) is 0 Å². The molecule has 1 atom stereocenters. The molecule has 102 valence electrons. The standard InChI is InChI=1S/C13H27NO3/c1-11(2)12(8-16-3)14-9-13(10-15)4-6-17-7-5-13/h11-12,14-15H,4-10H2,1-3H3. The van der Waals surface area contributed by atoms with Gasteiger partial charge in [0.05, 0.1) is 13.2 Å². The van der Waals surface area contributed by atoms with Crippen LogP contribution in [0.5, 0.6) is 0 Å². The SMILES string of the molecule is COCC(NCC1(CO)CCOCC1)C(C)C. The Labute approximate surface area is 105 Å². The van der Waals surface area contributed by atoms with Gasteiger partial charge >= 0.3 is 0 Å². The fraction of sp³-hybridized carbons (Fsp3) is 1.00. The van der Waals surface area contributed by atoms with Gasteiger partial charge in [-0.25, -0.2) is 0 Å². The highest BCUT2D eigenvalue weighted by Gasteiger charge is 2.32. The summed E-state index contributed by atoms with van der Waals surface area (Å²) in [6.45, 7) is 7.70. The Balaban J connectivity index is 2.44. The minimum atomic E-state index is -0.000862. The van der Waals surface area contributed by atoms with E-state index >= 15 is 0 Å². The monoisotopic (exact) mass is 245 g/mol. The molecule has 17 heavy (non-hydrogen) atoms. The van der Waals surface area contributed by atoms with Crippen molar-refractivity contribution in [3.8, 4) is 0 Å². The number of nitrogens with one attached hydrogen (secondary N) is 1. The quantitative estimate of drug-likeness (QED) is 0.703. The molecule has 2 N–H and O–H groups in total. The predicted molar refractivity (Wildman–Crippen MR) is 68.1 cm³/mol. The van der Waals surface area contributed by atoms with Crippen LogP contribution < -0.4 is 5.32 Å². The zero-order chi connectivity index (χ0) is 12.7. The molecule has 4 nitrogen and oxygen atoms in total. The number of ether oxygens (including phenoxy) is 2. The maximum Gasteiger partial charge on any atom is 0.0618 e. The van der Waals surface area contributed by atoms with E-state index in [1.54, 1.807) is 7.11 Å². The fourth-order valence-electron chi connectivity index (χ4n) is 2.21. The molecule has 1 saturated heterocycles. The van der Waals surface area contributed by atoms with Crippen LogP contribution in [0.1, 0.15) is 26.7 Å². The van der Waals surface area contributed by atoms with Crippen molar-refractivity contribution in [3.63, 3.8) is 0 Å². The maximum absolute atomic E-state index is 9.60. The van der Waals surface area contributed by atoms with E-state index in [2.05, 4.69) is 19.2 Å². The average molecular weight is 245 g/mol. The number of methoxy groups -OCH3 is 1. The fourth-order valence-corrected chi connectivity index (χ4v) is 2.21. The second-order valence-electron chi connectivity index (χ2n) is 5.46. The van der Waals surface area contributed by atoms with Crippen molar-refractivity contribution in [1.82, 2.24) is 5.32 Å². The van der Waals surface area contributed by atoms with Crippen LogP contribution in [0, 0.1) is 11.3 Å². The van der Waals surface area contributed by atoms with Crippen LogP contribution in [0.15, 0.2) is 0 Å². The first-order chi connectivity index (χ1) is 8.13. The Kier molecular flexibility index (Phi) is 6.41. The minimum Gasteiger partial charge on any atom is -0.396 e. The van der Waals surface area contributed by atoms with E-state index < -0.39 is 0 Å². The van der Waals surface area contributed by atoms with E-state index in [-0.39, 0.29) is 12.0 Å². The van der Waals surface area contributed by atoms with Crippen LogP contribution in [-0.2, 0) is 9.47 Å². The predicted octanol–water partition coefficient (Wildman–Crippen LogP) is 1.04. The lowest BCUT2D eigenvalue weighted by Crippen LogP contribution is -2.47. The molecular weight excluding hydrogens is 218 g/mol. The smallest absolute Gasteiger partial charge is 0.0618 e. The summed E-state index contributed by atoms with van der Waals surface area (Å²) in [4.78, 5) is 0. The summed E-state index contributed by atoms with van der Waals surface area (Å²) in [5, 5.41) is 13.1. The van der Waals surface area contributed by atoms with Crippen LogP contribution in [-0.4, -0.2) is 51.2 Å². The van der Waals surface area contributed by atoms with Gasteiger partial charge in [-0.1, -0.05) is 13.8 Å². The van der Waals surface area contributed by atoms with Crippen LogP contribution in [0.25, 0.3) is 0 Å². The summed E-state index contributed by atoms with van der Waals surface area (Å²) in [6, 6.07) is 0.353. The van der Waals surface area contributed by atoms with Gasteiger partial charge in [-0.2, -0.15) is 0 Å². The molecule has 1 unspecified atom stereocenters. The lowest BCUT2D eigenvalue weighted by atomic mass is 9.80. The van der Waals surface area contributed by atoms with Crippen LogP contribution in [0.3, 0.4) is 0 Å². The van der Waals surface area contributed by atoms with E-state index in [0.717, 1.165) is 39.2 Å². The third-order valence-electron chi connectivity index (χ3n) is 3.78. The van der Waals surface area contributed by atoms with Gasteiger partial charge < -0.3 is 19.9 Å². The molecule has 0 saturated carbocycles. The number of aliphatic hydroxyl groups is 1. The van der Waals surface area contributed by atoms with E-state index in [1.165, 1.54) is 0 Å². The van der Waals surface area contributed by atoms with Crippen molar-refractivity contribution in [1.29, 1.82) is 0 Å². The first kappa shape index (κ1) is 14.9. The van der Waals surface area contributed by atoms with Crippen LogP contribution in [0.4, 0.5) is 0 Å². The highest BCUT2D eigenvalue weighted by molar-refractivity contribution is 4.85. The van der Waals surface area contributed by atoms with Gasteiger partial charge in [-0.3, -0.25) is 0 Å². The molecule has 0 aromatic rings. The molecule has 4 heteroatoms. The molecule has 0 aromatic carbocycles. The molecule has 1 heterocycles. The van der Waals surface area contributed by atoms with Crippen molar-refractivity contribution in [2.24, 2.45) is 11.3 Å². The van der Waals surface area contributed by atoms with Crippen molar-refractivity contribution >= 4 is 0 Å². The zero-order valence-corrected chi connectivity index (χ0v) is 11.4. The molecule has 0 bridgehead atoms. The lowest BCUT2D eigenvalue weighted by Gasteiger charge is -2.37. The summed E-state index contributed by atoms with van der Waals surface area (Å²) < 4.78 is 10.6. The minimum absolute atomic E-state index is 0.000862. The molecule has 1 rings (SSSR count). The van der Waals surface area contributed by atoms with Gasteiger partial charge in [-0.05, 0) is 18.8 Å². The maximum atomic E-state index is 9.60.